The van der Waals surface area contributed by atoms with Gasteiger partial charge in [0.15, 0.2) is 0 Å². The van der Waals surface area contributed by atoms with Gasteiger partial charge in [-0.3, -0.25) is 0 Å². The summed E-state index contributed by atoms with van der Waals surface area (Å²) in [5.74, 6) is 0.0158. The average Bonchev–Trinajstić information content (AvgIpc) is 2.82. The number of nitrogens with zero attached hydrogens (tertiary/aromatic N) is 2. The standard InChI is InChI=1S/C10H17N3O3S2/c1-8(2)13(6-5-9(11)12-14)18(15,16)10-4-3-7-17-10/h3-4,7-8,14H,5-6H2,1-2H3,(H2,11,12). The van der Waals surface area contributed by atoms with Crippen LogP contribution in [0.4, 0.5) is 0 Å². The van der Waals surface area contributed by atoms with Crippen LogP contribution in [0.25, 0.3) is 0 Å². The maximum atomic E-state index is 12.3. The Morgan fingerprint density at radius 2 is 2.28 bits per heavy atom. The summed E-state index contributed by atoms with van der Waals surface area (Å²) in [5.41, 5.74) is 5.36. The quantitative estimate of drug-likeness (QED) is 0.357. The van der Waals surface area contributed by atoms with E-state index in [1.54, 1.807) is 31.4 Å². The van der Waals surface area contributed by atoms with Crippen molar-refractivity contribution in [2.24, 2.45) is 10.9 Å². The van der Waals surface area contributed by atoms with Crippen LogP contribution in [-0.2, 0) is 10.0 Å². The molecule has 6 nitrogen and oxygen atoms in total. The number of sulfonamides is 1. The minimum absolute atomic E-state index is 0.0158. The molecule has 102 valence electrons. The van der Waals surface area contributed by atoms with Gasteiger partial charge in [0, 0.05) is 19.0 Å². The summed E-state index contributed by atoms with van der Waals surface area (Å²) in [5, 5.41) is 13.0. The van der Waals surface area contributed by atoms with E-state index in [1.165, 1.54) is 15.6 Å². The lowest BCUT2D eigenvalue weighted by Gasteiger charge is -2.24. The first kappa shape index (κ1) is 14.9. The molecule has 0 bridgehead atoms. The molecule has 1 heterocycles. The van der Waals surface area contributed by atoms with Crippen LogP contribution >= 0.6 is 11.3 Å². The lowest BCUT2D eigenvalue weighted by molar-refractivity contribution is 0.313. The summed E-state index contributed by atoms with van der Waals surface area (Å²) in [6.07, 6.45) is 0.194. The zero-order valence-corrected chi connectivity index (χ0v) is 11.9. The van der Waals surface area contributed by atoms with Crippen LogP contribution in [-0.4, -0.2) is 36.4 Å². The highest BCUT2D eigenvalue weighted by molar-refractivity contribution is 7.91. The molecule has 18 heavy (non-hydrogen) atoms. The minimum Gasteiger partial charge on any atom is -0.409 e. The van der Waals surface area contributed by atoms with Gasteiger partial charge < -0.3 is 10.9 Å². The van der Waals surface area contributed by atoms with Crippen LogP contribution in [0.1, 0.15) is 20.3 Å². The van der Waals surface area contributed by atoms with E-state index < -0.39 is 10.0 Å². The molecule has 3 N–H and O–H groups in total. The third kappa shape index (κ3) is 3.44. The highest BCUT2D eigenvalue weighted by Crippen LogP contribution is 2.22. The maximum Gasteiger partial charge on any atom is 0.252 e. The predicted octanol–water partition coefficient (Wildman–Crippen LogP) is 1.28. The van der Waals surface area contributed by atoms with Gasteiger partial charge in [-0.2, -0.15) is 4.31 Å². The third-order valence-electron chi connectivity index (χ3n) is 2.35. The Morgan fingerprint density at radius 3 is 2.72 bits per heavy atom. The molecule has 0 aliphatic carbocycles. The van der Waals surface area contributed by atoms with Crippen molar-refractivity contribution in [3.05, 3.63) is 17.5 Å². The fraction of sp³-hybridized carbons (Fsp3) is 0.500. The van der Waals surface area contributed by atoms with Crippen LogP contribution in [0.5, 0.6) is 0 Å². The van der Waals surface area contributed by atoms with E-state index in [1.807, 2.05) is 0 Å². The SMILES string of the molecule is CC(C)N(CCC(N)=NO)S(=O)(=O)c1cccs1. The Hall–Kier alpha value is -1.12. The molecule has 1 rings (SSSR count). The fourth-order valence-corrected chi connectivity index (χ4v) is 4.21. The first-order valence-electron chi connectivity index (χ1n) is 5.41. The van der Waals surface area contributed by atoms with Gasteiger partial charge >= 0.3 is 0 Å². The van der Waals surface area contributed by atoms with Crippen LogP contribution in [0.15, 0.2) is 26.9 Å². The second-order valence-electron chi connectivity index (χ2n) is 3.98. The van der Waals surface area contributed by atoms with Gasteiger partial charge in [0.1, 0.15) is 10.0 Å². The van der Waals surface area contributed by atoms with E-state index in [0.29, 0.717) is 4.21 Å². The highest BCUT2D eigenvalue weighted by Gasteiger charge is 2.27. The van der Waals surface area contributed by atoms with Crippen LogP contribution in [0, 0.1) is 0 Å². The number of hydrogen-bond donors (Lipinski definition) is 2. The van der Waals surface area contributed by atoms with Gasteiger partial charge in [0.05, 0.1) is 0 Å². The van der Waals surface area contributed by atoms with Crippen molar-refractivity contribution in [3.8, 4) is 0 Å². The van der Waals surface area contributed by atoms with Crippen molar-refractivity contribution in [3.63, 3.8) is 0 Å². The van der Waals surface area contributed by atoms with Crippen molar-refractivity contribution >= 4 is 27.2 Å². The van der Waals surface area contributed by atoms with E-state index in [0.717, 1.165) is 0 Å². The molecule has 1 aromatic rings. The van der Waals surface area contributed by atoms with Crippen molar-refractivity contribution < 1.29 is 13.6 Å². The first-order valence-corrected chi connectivity index (χ1v) is 7.73. The number of rotatable bonds is 6. The zero-order valence-electron chi connectivity index (χ0n) is 10.3. The van der Waals surface area contributed by atoms with Gasteiger partial charge in [-0.1, -0.05) is 11.2 Å². The Morgan fingerprint density at radius 1 is 1.61 bits per heavy atom. The Balaban J connectivity index is 2.92. The molecule has 0 saturated carbocycles. The number of amidine groups is 1. The Kier molecular flexibility index (Phi) is 5.12. The molecule has 1 aromatic heterocycles. The monoisotopic (exact) mass is 291 g/mol. The minimum atomic E-state index is -3.50. The average molecular weight is 291 g/mol. The number of nitrogens with two attached hydrogens (primary N) is 1. The van der Waals surface area contributed by atoms with E-state index in [9.17, 15) is 8.42 Å². The van der Waals surface area contributed by atoms with Crippen LogP contribution in [0.3, 0.4) is 0 Å². The summed E-state index contributed by atoms with van der Waals surface area (Å²) in [7, 11) is -3.50. The fourth-order valence-electron chi connectivity index (χ4n) is 1.46. The molecule has 0 spiro atoms. The number of hydrogen-bond acceptors (Lipinski definition) is 5. The summed E-state index contributed by atoms with van der Waals surface area (Å²) in [4.78, 5) is 0. The van der Waals surface area contributed by atoms with E-state index >= 15 is 0 Å². The molecule has 8 heteroatoms. The van der Waals surface area contributed by atoms with Gasteiger partial charge in [-0.25, -0.2) is 8.42 Å². The first-order chi connectivity index (χ1) is 8.39. The van der Waals surface area contributed by atoms with Crippen molar-refractivity contribution in [2.75, 3.05) is 6.54 Å². The lowest BCUT2D eigenvalue weighted by Crippen LogP contribution is -2.38. The summed E-state index contributed by atoms with van der Waals surface area (Å²) in [6, 6.07) is 3.07. The molecular formula is C10H17N3O3S2. The van der Waals surface area contributed by atoms with E-state index in [4.69, 9.17) is 10.9 Å². The van der Waals surface area contributed by atoms with Gasteiger partial charge in [0.2, 0.25) is 0 Å². The molecule has 0 atom stereocenters. The molecule has 0 aliphatic heterocycles. The van der Waals surface area contributed by atoms with E-state index in [-0.39, 0.29) is 24.8 Å². The van der Waals surface area contributed by atoms with Crippen LogP contribution < -0.4 is 5.73 Å². The Labute approximate surface area is 111 Å². The predicted molar refractivity (Wildman–Crippen MR) is 71.4 cm³/mol. The molecule has 0 amide bonds. The molecule has 0 aromatic carbocycles. The zero-order chi connectivity index (χ0) is 13.8. The van der Waals surface area contributed by atoms with Gasteiger partial charge in [-0.15, -0.1) is 11.3 Å². The van der Waals surface area contributed by atoms with Crippen molar-refractivity contribution in [1.29, 1.82) is 0 Å². The largest absolute Gasteiger partial charge is 0.409 e. The van der Waals surface area contributed by atoms with E-state index in [2.05, 4.69) is 5.16 Å². The van der Waals surface area contributed by atoms with Gasteiger partial charge in [0.25, 0.3) is 10.0 Å². The second-order valence-corrected chi connectivity index (χ2v) is 7.05. The number of thiophene rings is 1. The second kappa shape index (κ2) is 6.17. The third-order valence-corrected chi connectivity index (χ3v) is 5.80. The van der Waals surface area contributed by atoms with Crippen molar-refractivity contribution in [1.82, 2.24) is 4.31 Å². The smallest absolute Gasteiger partial charge is 0.252 e. The Bertz CT molecular complexity index is 494. The van der Waals surface area contributed by atoms with Crippen molar-refractivity contribution in [2.45, 2.75) is 30.5 Å². The molecule has 0 unspecified atom stereocenters. The molecular weight excluding hydrogens is 274 g/mol. The summed E-state index contributed by atoms with van der Waals surface area (Å²) < 4.78 is 26.3. The molecule has 0 fully saturated rings. The normalized spacial score (nSPS) is 13.4. The lowest BCUT2D eigenvalue weighted by atomic mass is 10.3. The summed E-state index contributed by atoms with van der Waals surface area (Å²) >= 11 is 1.18. The molecule has 0 radical (unpaired) electrons. The number of oxime groups is 1. The summed E-state index contributed by atoms with van der Waals surface area (Å²) in [6.45, 7) is 3.77. The highest BCUT2D eigenvalue weighted by atomic mass is 32.2. The topological polar surface area (TPSA) is 96.0 Å². The van der Waals surface area contributed by atoms with Gasteiger partial charge in [-0.05, 0) is 25.3 Å². The molecule has 0 aliphatic rings. The maximum absolute atomic E-state index is 12.3. The van der Waals surface area contributed by atoms with Crippen LogP contribution in [0.2, 0.25) is 0 Å². The molecule has 0 saturated heterocycles.